The summed E-state index contributed by atoms with van der Waals surface area (Å²) < 4.78 is 38.7. The van der Waals surface area contributed by atoms with E-state index in [-0.39, 0.29) is 42.7 Å². The number of thioether (sulfide) groups is 1. The molecular weight excluding hydrogens is 465 g/mol. The second-order valence-electron chi connectivity index (χ2n) is 8.76. The molecule has 4 rings (SSSR count). The van der Waals surface area contributed by atoms with Crippen LogP contribution in [0, 0.1) is 11.8 Å². The molecule has 1 aliphatic heterocycles. The molecule has 1 N–H and O–H groups in total. The molecule has 2 aliphatic rings. The van der Waals surface area contributed by atoms with E-state index < -0.39 is 12.1 Å². The van der Waals surface area contributed by atoms with Crippen LogP contribution in [0.15, 0.2) is 35.5 Å². The molecule has 0 radical (unpaired) electrons. The number of fused-ring (bicyclic) bond motifs is 1. The first kappa shape index (κ1) is 24.5. The molecule has 0 atom stereocenters. The Labute approximate surface area is 200 Å². The van der Waals surface area contributed by atoms with Crippen LogP contribution in [0.2, 0.25) is 0 Å². The number of aromatic nitrogens is 2. The number of nitrogens with zero attached hydrogens (tertiary/aromatic N) is 3. The maximum atomic E-state index is 12.9. The summed E-state index contributed by atoms with van der Waals surface area (Å²) in [5, 5.41) is 2.80. The highest BCUT2D eigenvalue weighted by Crippen LogP contribution is 2.40. The van der Waals surface area contributed by atoms with E-state index in [1.165, 1.54) is 6.20 Å². The average molecular weight is 493 g/mol. The molecule has 2 amide bonds. The number of hydrogen-bond donors (Lipinski definition) is 1. The van der Waals surface area contributed by atoms with E-state index in [2.05, 4.69) is 22.2 Å². The number of pyridine rings is 2. The van der Waals surface area contributed by atoms with Crippen LogP contribution in [-0.4, -0.2) is 45.2 Å². The van der Waals surface area contributed by atoms with E-state index in [9.17, 15) is 22.8 Å². The molecule has 0 unspecified atom stereocenters. The predicted molar refractivity (Wildman–Crippen MR) is 122 cm³/mol. The van der Waals surface area contributed by atoms with Gasteiger partial charge in [0.1, 0.15) is 0 Å². The molecule has 6 nitrogen and oxygen atoms in total. The monoisotopic (exact) mass is 492 g/mol. The van der Waals surface area contributed by atoms with Crippen molar-refractivity contribution in [3.63, 3.8) is 0 Å². The number of halogens is 3. The summed E-state index contributed by atoms with van der Waals surface area (Å²) in [5.74, 6) is -0.796. The van der Waals surface area contributed by atoms with Crippen LogP contribution < -0.4 is 5.32 Å². The van der Waals surface area contributed by atoms with Crippen molar-refractivity contribution in [3.8, 4) is 0 Å². The van der Waals surface area contributed by atoms with Gasteiger partial charge in [-0.2, -0.15) is 13.2 Å². The van der Waals surface area contributed by atoms with Crippen molar-refractivity contribution < 1.29 is 22.8 Å². The summed E-state index contributed by atoms with van der Waals surface area (Å²) in [7, 11) is 0. The second kappa shape index (κ2) is 10.3. The lowest BCUT2D eigenvalue weighted by Gasteiger charge is -2.32. The Kier molecular flexibility index (Phi) is 7.45. The molecule has 34 heavy (non-hydrogen) atoms. The summed E-state index contributed by atoms with van der Waals surface area (Å²) in [6.45, 7) is 3.06. The zero-order valence-corrected chi connectivity index (χ0v) is 19.7. The molecule has 1 saturated carbocycles. The van der Waals surface area contributed by atoms with Crippen molar-refractivity contribution in [2.45, 2.75) is 56.8 Å². The molecule has 2 aromatic rings. The smallest absolute Gasteiger partial charge is 0.346 e. The van der Waals surface area contributed by atoms with Crippen LogP contribution in [0.4, 0.5) is 13.2 Å². The Bertz CT molecular complexity index is 1040. The third-order valence-electron chi connectivity index (χ3n) is 6.42. The van der Waals surface area contributed by atoms with Gasteiger partial charge in [0.2, 0.25) is 0 Å². The van der Waals surface area contributed by atoms with Crippen molar-refractivity contribution in [1.82, 2.24) is 20.2 Å². The summed E-state index contributed by atoms with van der Waals surface area (Å²) in [6.07, 6.45) is 0.221. The Hall–Kier alpha value is -2.62. The van der Waals surface area contributed by atoms with E-state index in [4.69, 9.17) is 0 Å². The molecular formula is C24H27F3N4O2S. The molecule has 1 aliphatic carbocycles. The number of nitrogens with one attached hydrogen (secondary N) is 1. The molecule has 0 spiro atoms. The quantitative estimate of drug-likeness (QED) is 0.560. The van der Waals surface area contributed by atoms with Gasteiger partial charge in [0.25, 0.3) is 11.8 Å². The number of hydrogen-bond acceptors (Lipinski definition) is 5. The van der Waals surface area contributed by atoms with Gasteiger partial charge in [-0.1, -0.05) is 6.92 Å². The van der Waals surface area contributed by atoms with Crippen molar-refractivity contribution >= 4 is 23.6 Å². The molecule has 0 aromatic carbocycles. The minimum atomic E-state index is -4.14. The van der Waals surface area contributed by atoms with E-state index in [0.29, 0.717) is 37.2 Å². The van der Waals surface area contributed by atoms with Crippen molar-refractivity contribution in [2.24, 2.45) is 11.8 Å². The standard InChI is InChI=1S/C24H27F3N4O2S/c1-2-34-19-8-7-18(28-12-19)11-30-22(32)16-9-20-21(29-10-16)14-31(23(20)33)13-15-3-5-17(6-4-15)24(25,26)27/h7-10,12,15,17H,2-6,11,13-14H2,1H3,(H,30,32). The van der Waals surface area contributed by atoms with Crippen molar-refractivity contribution in [3.05, 3.63) is 53.1 Å². The fraction of sp³-hybridized carbons (Fsp3) is 0.500. The summed E-state index contributed by atoms with van der Waals surface area (Å²) >= 11 is 1.69. The molecule has 1 fully saturated rings. The molecule has 10 heteroatoms. The Morgan fingerprint density at radius 3 is 2.59 bits per heavy atom. The number of rotatable bonds is 7. The first-order chi connectivity index (χ1) is 16.2. The lowest BCUT2D eigenvalue weighted by Crippen LogP contribution is -2.34. The maximum absolute atomic E-state index is 12.9. The first-order valence-corrected chi connectivity index (χ1v) is 12.4. The van der Waals surface area contributed by atoms with Crippen LogP contribution in [0.1, 0.15) is 64.7 Å². The molecule has 0 saturated heterocycles. The fourth-order valence-corrected chi connectivity index (χ4v) is 5.15. The molecule has 182 valence electrons. The Morgan fingerprint density at radius 2 is 1.94 bits per heavy atom. The van der Waals surface area contributed by atoms with Gasteiger partial charge >= 0.3 is 6.18 Å². The zero-order chi connectivity index (χ0) is 24.3. The van der Waals surface area contributed by atoms with Gasteiger partial charge < -0.3 is 10.2 Å². The van der Waals surface area contributed by atoms with Crippen LogP contribution in [-0.2, 0) is 13.1 Å². The third-order valence-corrected chi connectivity index (χ3v) is 7.28. The lowest BCUT2D eigenvalue weighted by molar-refractivity contribution is -0.184. The summed E-state index contributed by atoms with van der Waals surface area (Å²) in [5.41, 5.74) is 2.00. The van der Waals surface area contributed by atoms with Crippen LogP contribution >= 0.6 is 11.8 Å². The molecule has 2 aromatic heterocycles. The molecule has 3 heterocycles. The van der Waals surface area contributed by atoms with Crippen molar-refractivity contribution in [2.75, 3.05) is 12.3 Å². The zero-order valence-electron chi connectivity index (χ0n) is 18.9. The largest absolute Gasteiger partial charge is 0.391 e. The van der Waals surface area contributed by atoms with Crippen molar-refractivity contribution in [1.29, 1.82) is 0 Å². The van der Waals surface area contributed by atoms with Gasteiger partial charge in [0, 0.05) is 23.8 Å². The summed E-state index contributed by atoms with van der Waals surface area (Å²) in [6, 6.07) is 5.38. The highest BCUT2D eigenvalue weighted by molar-refractivity contribution is 7.99. The predicted octanol–water partition coefficient (Wildman–Crippen LogP) is 4.84. The summed E-state index contributed by atoms with van der Waals surface area (Å²) in [4.78, 5) is 36.9. The van der Waals surface area contributed by atoms with E-state index in [1.807, 2.05) is 12.1 Å². The fourth-order valence-electron chi connectivity index (χ4n) is 4.52. The van der Waals surface area contributed by atoms with Crippen LogP contribution in [0.3, 0.4) is 0 Å². The first-order valence-electron chi connectivity index (χ1n) is 11.5. The number of amides is 2. The number of carbonyl (C=O) groups excluding carboxylic acids is 2. The van der Waals surface area contributed by atoms with Gasteiger partial charge in [-0.25, -0.2) is 0 Å². The number of carbonyl (C=O) groups is 2. The van der Waals surface area contributed by atoms with Gasteiger partial charge in [0.05, 0.1) is 41.5 Å². The van der Waals surface area contributed by atoms with Gasteiger partial charge in [-0.05, 0) is 55.6 Å². The van der Waals surface area contributed by atoms with E-state index in [1.54, 1.807) is 28.9 Å². The highest BCUT2D eigenvalue weighted by Gasteiger charge is 2.42. The highest BCUT2D eigenvalue weighted by atomic mass is 32.2. The number of alkyl halides is 3. The van der Waals surface area contributed by atoms with Gasteiger partial charge in [-0.3, -0.25) is 19.6 Å². The Morgan fingerprint density at radius 1 is 1.18 bits per heavy atom. The van der Waals surface area contributed by atoms with Crippen LogP contribution in [0.25, 0.3) is 0 Å². The SMILES string of the molecule is CCSc1ccc(CNC(=O)c2cnc3c(c2)C(=O)N(CC2CCC(C(F)(F)F)CC2)C3)nc1. The Balaban J connectivity index is 1.32. The van der Waals surface area contributed by atoms with Gasteiger partial charge in [0.15, 0.2) is 0 Å². The van der Waals surface area contributed by atoms with Crippen LogP contribution in [0.5, 0.6) is 0 Å². The minimum Gasteiger partial charge on any atom is -0.346 e. The van der Waals surface area contributed by atoms with E-state index >= 15 is 0 Å². The van der Waals surface area contributed by atoms with Gasteiger partial charge in [-0.15, -0.1) is 11.8 Å². The maximum Gasteiger partial charge on any atom is 0.391 e. The van der Waals surface area contributed by atoms with E-state index in [0.717, 1.165) is 16.3 Å². The third kappa shape index (κ3) is 5.71. The second-order valence-corrected chi connectivity index (χ2v) is 10.1. The average Bonchev–Trinajstić information content (AvgIpc) is 3.13. The minimum absolute atomic E-state index is 0.0502. The molecule has 0 bridgehead atoms. The normalized spacial score (nSPS) is 20.4. The topological polar surface area (TPSA) is 75.2 Å². The lowest BCUT2D eigenvalue weighted by atomic mass is 9.81.